The van der Waals surface area contributed by atoms with Gasteiger partial charge in [-0.1, -0.05) is 25.1 Å². The number of carbonyl (C=O) groups is 1. The maximum absolute atomic E-state index is 13.1. The predicted molar refractivity (Wildman–Crippen MR) is 106 cm³/mol. The highest BCUT2D eigenvalue weighted by atomic mass is 32.2. The summed E-state index contributed by atoms with van der Waals surface area (Å²) in [4.78, 5) is 12.6. The molecule has 1 amide bonds. The van der Waals surface area contributed by atoms with Crippen molar-refractivity contribution in [2.24, 2.45) is 0 Å². The van der Waals surface area contributed by atoms with E-state index in [1.165, 1.54) is 16.4 Å². The molecular weight excluding hydrogens is 380 g/mol. The molecule has 2 aromatic rings. The lowest BCUT2D eigenvalue weighted by Crippen LogP contribution is -2.38. The Kier molecular flexibility index (Phi) is 6.21. The van der Waals surface area contributed by atoms with Crippen LogP contribution in [-0.2, 0) is 14.8 Å². The zero-order valence-electron chi connectivity index (χ0n) is 16.0. The van der Waals surface area contributed by atoms with Crippen LogP contribution in [0.2, 0.25) is 0 Å². The number of amides is 1. The fraction of sp³-hybridized carbons (Fsp3) is 0.350. The van der Waals surface area contributed by atoms with Gasteiger partial charge in [0.05, 0.1) is 11.4 Å². The van der Waals surface area contributed by atoms with E-state index in [0.717, 1.165) is 5.56 Å². The zero-order valence-corrected chi connectivity index (χ0v) is 16.8. The van der Waals surface area contributed by atoms with Gasteiger partial charge in [0, 0.05) is 18.3 Å². The average Bonchev–Trinajstić information content (AvgIpc) is 2.69. The molecule has 8 heteroatoms. The number of ether oxygens (including phenoxy) is 2. The van der Waals surface area contributed by atoms with E-state index in [-0.39, 0.29) is 23.9 Å². The standard InChI is InChI=1S/C20H24N2O5S/c1-3-10-22(14-20(23)21-17-7-5-4-6-15(17)2)28(24,25)16-8-9-18-19(13-16)27-12-11-26-18/h4-9,13H,3,10-12,14H2,1-2H3,(H,21,23). The summed E-state index contributed by atoms with van der Waals surface area (Å²) in [5.74, 6) is 0.529. The predicted octanol–water partition coefficient (Wildman–Crippen LogP) is 2.81. The number of benzene rings is 2. The number of hydrogen-bond acceptors (Lipinski definition) is 5. The van der Waals surface area contributed by atoms with Crippen LogP contribution in [-0.4, -0.2) is 44.9 Å². The van der Waals surface area contributed by atoms with Crippen LogP contribution in [0.3, 0.4) is 0 Å². The molecule has 0 fully saturated rings. The molecular formula is C20H24N2O5S. The van der Waals surface area contributed by atoms with E-state index in [1.54, 1.807) is 12.1 Å². The SMILES string of the molecule is CCCN(CC(=O)Nc1ccccc1C)S(=O)(=O)c1ccc2c(c1)OCCO2. The number of para-hydroxylation sites is 1. The number of nitrogens with zero attached hydrogens (tertiary/aromatic N) is 1. The van der Waals surface area contributed by atoms with Crippen LogP contribution in [0.15, 0.2) is 47.4 Å². The fourth-order valence-corrected chi connectivity index (χ4v) is 4.43. The van der Waals surface area contributed by atoms with Crippen molar-refractivity contribution in [3.63, 3.8) is 0 Å². The third-order valence-corrected chi connectivity index (χ3v) is 6.20. The van der Waals surface area contributed by atoms with Crippen LogP contribution < -0.4 is 14.8 Å². The summed E-state index contributed by atoms with van der Waals surface area (Å²) in [7, 11) is -3.86. The molecule has 1 aliphatic rings. The molecule has 0 aliphatic carbocycles. The van der Waals surface area contributed by atoms with Crippen LogP contribution in [0.5, 0.6) is 11.5 Å². The van der Waals surface area contributed by atoms with Crippen molar-refractivity contribution in [1.29, 1.82) is 0 Å². The lowest BCUT2D eigenvalue weighted by atomic mass is 10.2. The summed E-state index contributed by atoms with van der Waals surface area (Å²) in [6.07, 6.45) is 0.585. The third-order valence-electron chi connectivity index (χ3n) is 4.36. The number of hydrogen-bond donors (Lipinski definition) is 1. The number of rotatable bonds is 7. The summed E-state index contributed by atoms with van der Waals surface area (Å²) in [6.45, 7) is 4.52. The molecule has 3 rings (SSSR count). The molecule has 0 atom stereocenters. The van der Waals surface area contributed by atoms with Crippen LogP contribution >= 0.6 is 0 Å². The van der Waals surface area contributed by atoms with Crippen molar-refractivity contribution in [2.75, 3.05) is 31.6 Å². The topological polar surface area (TPSA) is 84.9 Å². The molecule has 1 heterocycles. The summed E-state index contributed by atoms with van der Waals surface area (Å²) in [6, 6.07) is 11.9. The molecule has 0 bridgehead atoms. The van der Waals surface area contributed by atoms with Crippen LogP contribution in [0.1, 0.15) is 18.9 Å². The number of sulfonamides is 1. The second kappa shape index (κ2) is 8.62. The number of anilines is 1. The maximum Gasteiger partial charge on any atom is 0.243 e. The quantitative estimate of drug-likeness (QED) is 0.767. The molecule has 0 saturated carbocycles. The van der Waals surface area contributed by atoms with Crippen LogP contribution in [0.4, 0.5) is 5.69 Å². The highest BCUT2D eigenvalue weighted by Crippen LogP contribution is 2.33. The van der Waals surface area contributed by atoms with Crippen molar-refractivity contribution in [3.05, 3.63) is 48.0 Å². The Morgan fingerprint density at radius 2 is 1.82 bits per heavy atom. The van der Waals surface area contributed by atoms with Gasteiger partial charge >= 0.3 is 0 Å². The van der Waals surface area contributed by atoms with Gasteiger partial charge in [-0.15, -0.1) is 0 Å². The van der Waals surface area contributed by atoms with Crippen LogP contribution in [0, 0.1) is 6.92 Å². The highest BCUT2D eigenvalue weighted by molar-refractivity contribution is 7.89. The zero-order chi connectivity index (χ0) is 20.1. The number of carbonyl (C=O) groups excluding carboxylic acids is 1. The van der Waals surface area contributed by atoms with Gasteiger partial charge in [-0.25, -0.2) is 8.42 Å². The molecule has 1 N–H and O–H groups in total. The smallest absolute Gasteiger partial charge is 0.243 e. The average molecular weight is 404 g/mol. The molecule has 0 aromatic heterocycles. The summed E-state index contributed by atoms with van der Waals surface area (Å²) < 4.78 is 38.3. The van der Waals surface area contributed by atoms with Crippen molar-refractivity contribution < 1.29 is 22.7 Å². The Morgan fingerprint density at radius 3 is 2.54 bits per heavy atom. The van der Waals surface area contributed by atoms with Gasteiger partial charge in [-0.2, -0.15) is 4.31 Å². The molecule has 2 aromatic carbocycles. The largest absolute Gasteiger partial charge is 0.486 e. The summed E-state index contributed by atoms with van der Waals surface area (Å²) in [5.41, 5.74) is 1.58. The van der Waals surface area contributed by atoms with E-state index in [1.807, 2.05) is 32.0 Å². The second-order valence-electron chi connectivity index (χ2n) is 6.51. The molecule has 7 nitrogen and oxygen atoms in total. The monoisotopic (exact) mass is 404 g/mol. The minimum Gasteiger partial charge on any atom is -0.486 e. The Labute approximate surface area is 165 Å². The van der Waals surface area contributed by atoms with Gasteiger partial charge in [-0.05, 0) is 37.1 Å². The first-order valence-corrected chi connectivity index (χ1v) is 10.6. The van der Waals surface area contributed by atoms with Gasteiger partial charge in [-0.3, -0.25) is 4.79 Å². The van der Waals surface area contributed by atoms with Crippen molar-refractivity contribution in [1.82, 2.24) is 4.31 Å². The minimum atomic E-state index is -3.86. The lowest BCUT2D eigenvalue weighted by Gasteiger charge is -2.23. The fourth-order valence-electron chi connectivity index (χ4n) is 2.93. The first-order valence-electron chi connectivity index (χ1n) is 9.17. The molecule has 0 unspecified atom stereocenters. The first kappa shape index (κ1) is 20.2. The molecule has 0 spiro atoms. The van der Waals surface area contributed by atoms with Gasteiger partial charge in [0.15, 0.2) is 11.5 Å². The number of aryl methyl sites for hydroxylation is 1. The van der Waals surface area contributed by atoms with Crippen molar-refractivity contribution in [3.8, 4) is 11.5 Å². The van der Waals surface area contributed by atoms with Gasteiger partial charge in [0.2, 0.25) is 15.9 Å². The highest BCUT2D eigenvalue weighted by Gasteiger charge is 2.28. The van der Waals surface area contributed by atoms with Gasteiger partial charge in [0.1, 0.15) is 13.2 Å². The Hall–Kier alpha value is -2.58. The second-order valence-corrected chi connectivity index (χ2v) is 8.45. The molecule has 28 heavy (non-hydrogen) atoms. The van der Waals surface area contributed by atoms with Gasteiger partial charge < -0.3 is 14.8 Å². The summed E-state index contributed by atoms with van der Waals surface area (Å²) in [5, 5.41) is 2.78. The molecule has 0 radical (unpaired) electrons. The summed E-state index contributed by atoms with van der Waals surface area (Å²) >= 11 is 0. The Balaban J connectivity index is 1.80. The van der Waals surface area contributed by atoms with E-state index < -0.39 is 10.0 Å². The number of fused-ring (bicyclic) bond motifs is 1. The Morgan fingerprint density at radius 1 is 1.11 bits per heavy atom. The van der Waals surface area contributed by atoms with E-state index >= 15 is 0 Å². The third kappa shape index (κ3) is 4.45. The van der Waals surface area contributed by atoms with E-state index in [4.69, 9.17) is 9.47 Å². The maximum atomic E-state index is 13.1. The van der Waals surface area contributed by atoms with E-state index in [9.17, 15) is 13.2 Å². The Bertz CT molecular complexity index is 959. The van der Waals surface area contributed by atoms with E-state index in [2.05, 4.69) is 5.32 Å². The van der Waals surface area contributed by atoms with Gasteiger partial charge in [0.25, 0.3) is 0 Å². The normalized spacial score (nSPS) is 13.4. The molecule has 150 valence electrons. The molecule has 1 aliphatic heterocycles. The lowest BCUT2D eigenvalue weighted by molar-refractivity contribution is -0.116. The van der Waals surface area contributed by atoms with Crippen LogP contribution in [0.25, 0.3) is 0 Å². The first-order chi connectivity index (χ1) is 13.4. The van der Waals surface area contributed by atoms with Crippen molar-refractivity contribution in [2.45, 2.75) is 25.2 Å². The molecule has 0 saturated heterocycles. The number of nitrogens with one attached hydrogen (secondary N) is 1. The minimum absolute atomic E-state index is 0.0777. The van der Waals surface area contributed by atoms with Crippen molar-refractivity contribution >= 4 is 21.6 Å². The van der Waals surface area contributed by atoms with E-state index in [0.29, 0.717) is 36.8 Å².